The van der Waals surface area contributed by atoms with Gasteiger partial charge in [0.25, 0.3) is 0 Å². The van der Waals surface area contributed by atoms with Crippen molar-refractivity contribution in [1.82, 2.24) is 0 Å². The van der Waals surface area contributed by atoms with Crippen LogP contribution in [0.25, 0.3) is 0 Å². The Morgan fingerprint density at radius 2 is 1.41 bits per heavy atom. The van der Waals surface area contributed by atoms with Gasteiger partial charge in [-0.05, 0) is 44.6 Å². The van der Waals surface area contributed by atoms with E-state index in [1.807, 2.05) is 0 Å². The van der Waals surface area contributed by atoms with Crippen LogP contribution in [0.15, 0.2) is 12.2 Å². The van der Waals surface area contributed by atoms with Crippen molar-refractivity contribution in [2.75, 3.05) is 0 Å². The van der Waals surface area contributed by atoms with Crippen molar-refractivity contribution in [2.24, 2.45) is 0 Å². The molecule has 0 amide bonds. The van der Waals surface area contributed by atoms with Gasteiger partial charge in [-0.25, -0.2) is 0 Å². The minimum atomic E-state index is -0.726. The fraction of sp³-hybridized carbons (Fsp3) is 0.826. The van der Waals surface area contributed by atoms with Crippen molar-refractivity contribution < 1.29 is 19.4 Å². The van der Waals surface area contributed by atoms with Gasteiger partial charge < -0.3 is 9.84 Å². The molecule has 0 aromatic heterocycles. The number of carboxylic acid groups (broad SMARTS) is 1. The number of aliphatic carboxylic acids is 1. The second kappa shape index (κ2) is 19.4. The van der Waals surface area contributed by atoms with E-state index >= 15 is 0 Å². The van der Waals surface area contributed by atoms with E-state index in [1.54, 1.807) is 0 Å². The lowest BCUT2D eigenvalue weighted by molar-refractivity contribution is -0.147. The van der Waals surface area contributed by atoms with Gasteiger partial charge in [-0.1, -0.05) is 71.3 Å². The number of hydrogen-bond acceptors (Lipinski definition) is 3. The lowest BCUT2D eigenvalue weighted by Crippen LogP contribution is -2.16. The van der Waals surface area contributed by atoms with Crippen LogP contribution in [0.1, 0.15) is 117 Å². The lowest BCUT2D eigenvalue weighted by Gasteiger charge is -2.14. The maximum absolute atomic E-state index is 12.0. The van der Waals surface area contributed by atoms with Crippen LogP contribution in [0, 0.1) is 0 Å². The van der Waals surface area contributed by atoms with Gasteiger partial charge in [0.1, 0.15) is 6.10 Å². The Kier molecular flexibility index (Phi) is 18.5. The summed E-state index contributed by atoms with van der Waals surface area (Å²) in [6.45, 7) is 4.35. The molecule has 0 aliphatic rings. The largest absolute Gasteiger partial charge is 0.481 e. The van der Waals surface area contributed by atoms with Gasteiger partial charge in [0.2, 0.25) is 0 Å². The Labute approximate surface area is 166 Å². The number of rotatable bonds is 19. The average Bonchev–Trinajstić information content (AvgIpc) is 2.63. The highest BCUT2D eigenvalue weighted by Crippen LogP contribution is 2.14. The fourth-order valence-electron chi connectivity index (χ4n) is 3.03. The molecule has 1 atom stereocenters. The minimum absolute atomic E-state index is 0.0908. The molecule has 0 spiro atoms. The van der Waals surface area contributed by atoms with Crippen LogP contribution >= 0.6 is 0 Å². The molecule has 0 bridgehead atoms. The third-order valence-electron chi connectivity index (χ3n) is 4.72. The second-order valence-electron chi connectivity index (χ2n) is 7.46. The van der Waals surface area contributed by atoms with E-state index in [9.17, 15) is 9.59 Å². The molecule has 0 radical (unpaired) electrons. The first kappa shape index (κ1) is 25.7. The average molecular weight is 383 g/mol. The molecule has 0 aliphatic carbocycles. The van der Waals surface area contributed by atoms with E-state index in [4.69, 9.17) is 9.84 Å². The van der Waals surface area contributed by atoms with E-state index in [0.717, 1.165) is 57.8 Å². The van der Waals surface area contributed by atoms with E-state index < -0.39 is 5.97 Å². The summed E-state index contributed by atoms with van der Waals surface area (Å²) in [5.41, 5.74) is 0. The Bertz CT molecular complexity index is 390. The van der Waals surface area contributed by atoms with Gasteiger partial charge in [-0.3, -0.25) is 9.59 Å². The summed E-state index contributed by atoms with van der Waals surface area (Å²) in [5, 5.41) is 8.67. The third kappa shape index (κ3) is 19.3. The van der Waals surface area contributed by atoms with Crippen molar-refractivity contribution >= 4 is 11.9 Å². The monoisotopic (exact) mass is 382 g/mol. The van der Waals surface area contributed by atoms with E-state index in [-0.39, 0.29) is 18.5 Å². The highest BCUT2D eigenvalue weighted by Gasteiger charge is 2.11. The molecular weight excluding hydrogens is 340 g/mol. The van der Waals surface area contributed by atoms with E-state index in [0.29, 0.717) is 6.42 Å². The number of carbonyl (C=O) groups is 2. The molecular formula is C23H42O4. The van der Waals surface area contributed by atoms with Crippen molar-refractivity contribution in [1.29, 1.82) is 0 Å². The van der Waals surface area contributed by atoms with Gasteiger partial charge in [0.05, 0.1) is 0 Å². The van der Waals surface area contributed by atoms with E-state index in [1.165, 1.54) is 32.1 Å². The molecule has 0 aliphatic heterocycles. The summed E-state index contributed by atoms with van der Waals surface area (Å²) in [7, 11) is 0. The molecule has 0 saturated carbocycles. The van der Waals surface area contributed by atoms with Crippen LogP contribution in [-0.4, -0.2) is 23.1 Å². The summed E-state index contributed by atoms with van der Waals surface area (Å²) < 4.78 is 5.67. The predicted octanol–water partition coefficient (Wildman–Crippen LogP) is 6.82. The summed E-state index contributed by atoms with van der Waals surface area (Å²) >= 11 is 0. The van der Waals surface area contributed by atoms with Gasteiger partial charge in [0.15, 0.2) is 0 Å². The number of carboxylic acids is 1. The first-order chi connectivity index (χ1) is 13.1. The quantitative estimate of drug-likeness (QED) is 0.151. The SMILES string of the molecule is CCCCCCC/C=C\C(CCCCCCC(=O)O)OC(=O)CCCCC. The van der Waals surface area contributed by atoms with Gasteiger partial charge in [-0.2, -0.15) is 0 Å². The number of ether oxygens (including phenoxy) is 1. The number of hydrogen-bond donors (Lipinski definition) is 1. The standard InChI is InChI=1S/C23H42O4/c1-3-5-7-8-9-10-14-17-21(27-23(26)20-13-6-4-2)18-15-11-12-16-19-22(24)25/h14,17,21H,3-13,15-16,18-20H2,1-2H3,(H,24,25)/b17-14-. The molecule has 1 unspecified atom stereocenters. The minimum Gasteiger partial charge on any atom is -0.481 e. The van der Waals surface area contributed by atoms with Crippen LogP contribution in [0.2, 0.25) is 0 Å². The first-order valence-electron chi connectivity index (χ1n) is 11.2. The lowest BCUT2D eigenvalue weighted by atomic mass is 10.1. The van der Waals surface area contributed by atoms with Crippen LogP contribution in [-0.2, 0) is 14.3 Å². The number of carbonyl (C=O) groups excluding carboxylic acids is 1. The summed E-state index contributed by atoms with van der Waals surface area (Å²) in [5.74, 6) is -0.817. The number of allylic oxidation sites excluding steroid dienone is 1. The number of esters is 1. The third-order valence-corrected chi connectivity index (χ3v) is 4.72. The molecule has 0 rings (SSSR count). The maximum atomic E-state index is 12.0. The van der Waals surface area contributed by atoms with Crippen LogP contribution in [0.5, 0.6) is 0 Å². The summed E-state index contributed by atoms with van der Waals surface area (Å²) in [6.07, 6.45) is 19.7. The first-order valence-corrected chi connectivity index (χ1v) is 11.2. The summed E-state index contributed by atoms with van der Waals surface area (Å²) in [4.78, 5) is 22.6. The van der Waals surface area contributed by atoms with Crippen molar-refractivity contribution in [3.8, 4) is 0 Å². The van der Waals surface area contributed by atoms with Crippen molar-refractivity contribution in [3.05, 3.63) is 12.2 Å². The zero-order chi connectivity index (χ0) is 20.2. The van der Waals surface area contributed by atoms with Gasteiger partial charge in [0, 0.05) is 12.8 Å². The Balaban J connectivity index is 4.15. The highest BCUT2D eigenvalue weighted by molar-refractivity contribution is 5.69. The molecule has 0 heterocycles. The van der Waals surface area contributed by atoms with Gasteiger partial charge in [-0.15, -0.1) is 0 Å². The molecule has 27 heavy (non-hydrogen) atoms. The molecule has 0 fully saturated rings. The second-order valence-corrected chi connectivity index (χ2v) is 7.46. The molecule has 158 valence electrons. The Hall–Kier alpha value is -1.32. The molecule has 0 aromatic carbocycles. The zero-order valence-corrected chi connectivity index (χ0v) is 17.7. The molecule has 4 nitrogen and oxygen atoms in total. The maximum Gasteiger partial charge on any atom is 0.306 e. The molecule has 0 aromatic rings. The normalized spacial score (nSPS) is 12.4. The number of unbranched alkanes of at least 4 members (excludes halogenated alkanes) is 10. The topological polar surface area (TPSA) is 63.6 Å². The van der Waals surface area contributed by atoms with Crippen LogP contribution < -0.4 is 0 Å². The van der Waals surface area contributed by atoms with E-state index in [2.05, 4.69) is 26.0 Å². The van der Waals surface area contributed by atoms with Crippen molar-refractivity contribution in [2.45, 2.75) is 123 Å². The van der Waals surface area contributed by atoms with Gasteiger partial charge >= 0.3 is 11.9 Å². The highest BCUT2D eigenvalue weighted by atomic mass is 16.5. The molecule has 1 N–H and O–H groups in total. The van der Waals surface area contributed by atoms with Crippen LogP contribution in [0.3, 0.4) is 0 Å². The molecule has 0 saturated heterocycles. The Morgan fingerprint density at radius 1 is 0.815 bits per heavy atom. The Morgan fingerprint density at radius 3 is 2.11 bits per heavy atom. The molecule has 4 heteroatoms. The fourth-order valence-corrected chi connectivity index (χ4v) is 3.03. The van der Waals surface area contributed by atoms with Crippen molar-refractivity contribution in [3.63, 3.8) is 0 Å². The van der Waals surface area contributed by atoms with Crippen LogP contribution in [0.4, 0.5) is 0 Å². The predicted molar refractivity (Wildman–Crippen MR) is 112 cm³/mol. The summed E-state index contributed by atoms with van der Waals surface area (Å²) in [6, 6.07) is 0. The zero-order valence-electron chi connectivity index (χ0n) is 17.7. The smallest absolute Gasteiger partial charge is 0.306 e.